The summed E-state index contributed by atoms with van der Waals surface area (Å²) in [6, 6.07) is 22.6. The maximum Gasteiger partial charge on any atom is 0.224 e. The summed E-state index contributed by atoms with van der Waals surface area (Å²) in [6.45, 7) is 3.81. The van der Waals surface area contributed by atoms with Gasteiger partial charge in [-0.2, -0.15) is 0 Å². The number of phenolic OH excluding ortho intramolecular Hbond substituents is 1. The van der Waals surface area contributed by atoms with Gasteiger partial charge in [-0.15, -0.1) is 0 Å². The van der Waals surface area contributed by atoms with Crippen LogP contribution in [0.1, 0.15) is 42.4 Å². The van der Waals surface area contributed by atoms with E-state index < -0.39 is 0 Å². The Balaban J connectivity index is 1.61. The number of carbonyl (C=O) groups is 1. The molecule has 0 radical (unpaired) electrons. The molecule has 3 heterocycles. The third-order valence-electron chi connectivity index (χ3n) is 6.39. The Hall–Kier alpha value is -4.17. The number of aromatic hydroxyl groups is 1. The van der Waals surface area contributed by atoms with Crippen LogP contribution in [0.5, 0.6) is 5.75 Å². The summed E-state index contributed by atoms with van der Waals surface area (Å²) in [6.07, 6.45) is 4.21. The number of aryl methyl sites for hydroxylation is 1. The number of hydrogen-bond acceptors (Lipinski definition) is 4. The minimum atomic E-state index is -0.202. The van der Waals surface area contributed by atoms with Crippen molar-refractivity contribution in [1.82, 2.24) is 14.9 Å². The second kappa shape index (κ2) is 9.83. The smallest absolute Gasteiger partial charge is 0.224 e. The summed E-state index contributed by atoms with van der Waals surface area (Å²) in [5, 5.41) is 16.8. The van der Waals surface area contributed by atoms with Crippen molar-refractivity contribution in [2.24, 2.45) is 0 Å². The van der Waals surface area contributed by atoms with E-state index in [1.165, 1.54) is 0 Å². The SMILES string of the molecule is CCC(=O)Nc1ccc(N2C(=S)N[C@H](c3ccccn3)[C@H]2c2cccn2-c2ccc(O)cc2)cc1C. The maximum absolute atomic E-state index is 11.9. The maximum atomic E-state index is 11.9. The number of rotatable bonds is 6. The highest BCUT2D eigenvalue weighted by Gasteiger charge is 2.42. The van der Waals surface area contributed by atoms with E-state index in [1.807, 2.05) is 74.6 Å². The van der Waals surface area contributed by atoms with Crippen LogP contribution in [0.2, 0.25) is 0 Å². The Labute approximate surface area is 215 Å². The Bertz CT molecular complexity index is 1400. The Morgan fingerprint density at radius 2 is 1.86 bits per heavy atom. The van der Waals surface area contributed by atoms with Crippen LogP contribution in [0.3, 0.4) is 0 Å². The third kappa shape index (κ3) is 4.43. The molecular formula is C28H27N5O2S. The van der Waals surface area contributed by atoms with Gasteiger partial charge in [-0.05, 0) is 91.4 Å². The summed E-state index contributed by atoms with van der Waals surface area (Å²) < 4.78 is 2.10. The number of phenols is 1. The van der Waals surface area contributed by atoms with E-state index in [-0.39, 0.29) is 23.7 Å². The van der Waals surface area contributed by atoms with Gasteiger partial charge in [0.25, 0.3) is 0 Å². The van der Waals surface area contributed by atoms with Gasteiger partial charge in [0.2, 0.25) is 5.91 Å². The number of pyridine rings is 1. The Kier molecular flexibility index (Phi) is 6.43. The average molecular weight is 498 g/mol. The van der Waals surface area contributed by atoms with Crippen LogP contribution in [-0.4, -0.2) is 25.7 Å². The zero-order valence-corrected chi connectivity index (χ0v) is 20.9. The first kappa shape index (κ1) is 23.6. The van der Waals surface area contributed by atoms with Crippen molar-refractivity contribution < 1.29 is 9.90 Å². The van der Waals surface area contributed by atoms with Crippen LogP contribution in [0.25, 0.3) is 5.69 Å². The zero-order chi connectivity index (χ0) is 25.2. The fraction of sp³-hybridized carbons (Fsp3) is 0.179. The Morgan fingerprint density at radius 3 is 2.56 bits per heavy atom. The molecule has 1 fully saturated rings. The molecule has 0 aliphatic carbocycles. The van der Waals surface area contributed by atoms with Crippen LogP contribution in [0.15, 0.2) is 85.2 Å². The van der Waals surface area contributed by atoms with E-state index >= 15 is 0 Å². The van der Waals surface area contributed by atoms with E-state index in [2.05, 4.69) is 31.2 Å². The molecule has 1 aliphatic rings. The molecule has 2 atom stereocenters. The van der Waals surface area contributed by atoms with Gasteiger partial charge in [-0.25, -0.2) is 0 Å². The van der Waals surface area contributed by atoms with E-state index in [0.717, 1.165) is 34.0 Å². The minimum absolute atomic E-state index is 0.0240. The highest BCUT2D eigenvalue weighted by atomic mass is 32.1. The molecular weight excluding hydrogens is 470 g/mol. The molecule has 4 aromatic rings. The van der Waals surface area contributed by atoms with Crippen molar-refractivity contribution in [3.05, 3.63) is 102 Å². The van der Waals surface area contributed by atoms with Crippen molar-refractivity contribution in [2.75, 3.05) is 10.2 Å². The van der Waals surface area contributed by atoms with Crippen molar-refractivity contribution in [3.8, 4) is 11.4 Å². The summed E-state index contributed by atoms with van der Waals surface area (Å²) >= 11 is 5.87. The fourth-order valence-electron chi connectivity index (χ4n) is 4.59. The van der Waals surface area contributed by atoms with Crippen molar-refractivity contribution >= 4 is 34.6 Å². The number of benzene rings is 2. The number of hydrogen-bond donors (Lipinski definition) is 3. The van der Waals surface area contributed by atoms with Gasteiger partial charge in [-0.3, -0.25) is 9.78 Å². The molecule has 1 amide bonds. The first-order chi connectivity index (χ1) is 17.5. The number of anilines is 2. The van der Waals surface area contributed by atoms with Gasteiger partial charge >= 0.3 is 0 Å². The molecule has 0 spiro atoms. The Morgan fingerprint density at radius 1 is 1.08 bits per heavy atom. The van der Waals surface area contributed by atoms with Gasteiger partial charge < -0.3 is 25.2 Å². The lowest BCUT2D eigenvalue weighted by Crippen LogP contribution is -2.30. The predicted molar refractivity (Wildman–Crippen MR) is 145 cm³/mol. The zero-order valence-electron chi connectivity index (χ0n) is 20.1. The first-order valence-corrected chi connectivity index (χ1v) is 12.2. The van der Waals surface area contributed by atoms with Gasteiger partial charge in [-0.1, -0.05) is 13.0 Å². The third-order valence-corrected chi connectivity index (χ3v) is 6.71. The number of carbonyl (C=O) groups excluding carboxylic acids is 1. The molecule has 2 aromatic heterocycles. The minimum Gasteiger partial charge on any atom is -0.508 e. The lowest BCUT2D eigenvalue weighted by atomic mass is 10.00. The predicted octanol–water partition coefficient (Wildman–Crippen LogP) is 5.41. The standard InChI is InChI=1S/C28H27N5O2S/c1-3-25(35)30-22-14-11-20(17-18(22)2)33-27(26(31-28(33)36)23-7-4-5-15-29-23)24-8-6-16-32(24)19-9-12-21(34)13-10-19/h4-17,26-27,34H,3H2,1-2H3,(H,30,35)(H,31,36)/t26-,27-/m1/s1. The van der Waals surface area contributed by atoms with Gasteiger partial charge in [0.15, 0.2) is 5.11 Å². The molecule has 36 heavy (non-hydrogen) atoms. The summed E-state index contributed by atoms with van der Waals surface area (Å²) in [4.78, 5) is 18.7. The summed E-state index contributed by atoms with van der Waals surface area (Å²) in [5.74, 6) is 0.193. The van der Waals surface area contributed by atoms with E-state index in [9.17, 15) is 9.90 Å². The van der Waals surface area contributed by atoms with Crippen molar-refractivity contribution in [1.29, 1.82) is 0 Å². The fourth-order valence-corrected chi connectivity index (χ4v) is 4.94. The second-order valence-corrected chi connectivity index (χ2v) is 9.10. The molecule has 7 nitrogen and oxygen atoms in total. The van der Waals surface area contributed by atoms with Gasteiger partial charge in [0.05, 0.1) is 11.7 Å². The molecule has 3 N–H and O–H groups in total. The monoisotopic (exact) mass is 497 g/mol. The van der Waals surface area contributed by atoms with Crippen LogP contribution in [0, 0.1) is 6.92 Å². The largest absolute Gasteiger partial charge is 0.508 e. The molecule has 182 valence electrons. The number of amides is 1. The number of nitrogens with one attached hydrogen (secondary N) is 2. The highest BCUT2D eigenvalue weighted by Crippen LogP contribution is 2.43. The molecule has 5 rings (SSSR count). The van der Waals surface area contributed by atoms with Crippen LogP contribution in [0.4, 0.5) is 11.4 Å². The van der Waals surface area contributed by atoms with Gasteiger partial charge in [0.1, 0.15) is 11.8 Å². The number of thiocarbonyl (C=S) groups is 1. The first-order valence-electron chi connectivity index (χ1n) is 11.8. The molecule has 8 heteroatoms. The average Bonchev–Trinajstić information content (AvgIpc) is 3.50. The summed E-state index contributed by atoms with van der Waals surface area (Å²) in [5.41, 5.74) is 5.49. The van der Waals surface area contributed by atoms with Crippen molar-refractivity contribution in [3.63, 3.8) is 0 Å². The molecule has 1 aliphatic heterocycles. The number of nitrogens with zero attached hydrogens (tertiary/aromatic N) is 3. The van der Waals surface area contributed by atoms with Crippen LogP contribution in [-0.2, 0) is 4.79 Å². The normalized spacial score (nSPS) is 17.2. The van der Waals surface area contributed by atoms with E-state index in [4.69, 9.17) is 12.2 Å². The van der Waals surface area contributed by atoms with Crippen LogP contribution >= 0.6 is 12.2 Å². The second-order valence-electron chi connectivity index (χ2n) is 8.72. The lowest BCUT2D eigenvalue weighted by molar-refractivity contribution is -0.115. The lowest BCUT2D eigenvalue weighted by Gasteiger charge is -2.29. The van der Waals surface area contributed by atoms with E-state index in [1.54, 1.807) is 18.3 Å². The van der Waals surface area contributed by atoms with Crippen LogP contribution < -0.4 is 15.5 Å². The number of aromatic nitrogens is 2. The topological polar surface area (TPSA) is 82.4 Å². The molecule has 0 bridgehead atoms. The quantitative estimate of drug-likeness (QED) is 0.309. The van der Waals surface area contributed by atoms with Crippen molar-refractivity contribution in [2.45, 2.75) is 32.4 Å². The molecule has 0 unspecified atom stereocenters. The highest BCUT2D eigenvalue weighted by molar-refractivity contribution is 7.80. The molecule has 1 saturated heterocycles. The van der Waals surface area contributed by atoms with Gasteiger partial charge in [0, 0.05) is 41.6 Å². The molecule has 0 saturated carbocycles. The van der Waals surface area contributed by atoms with E-state index in [0.29, 0.717) is 11.5 Å². The summed E-state index contributed by atoms with van der Waals surface area (Å²) in [7, 11) is 0. The molecule has 2 aromatic carbocycles.